The van der Waals surface area contributed by atoms with Gasteiger partial charge in [-0.25, -0.2) is 9.78 Å². The second kappa shape index (κ2) is 7.51. The van der Waals surface area contributed by atoms with Gasteiger partial charge in [-0.2, -0.15) is 13.2 Å². The van der Waals surface area contributed by atoms with Crippen molar-refractivity contribution < 1.29 is 27.9 Å². The van der Waals surface area contributed by atoms with E-state index in [4.69, 9.17) is 16.7 Å². The van der Waals surface area contributed by atoms with E-state index in [-0.39, 0.29) is 22.1 Å². The Kier molecular flexibility index (Phi) is 4.98. The van der Waals surface area contributed by atoms with Crippen molar-refractivity contribution in [2.45, 2.75) is 6.18 Å². The van der Waals surface area contributed by atoms with Crippen LogP contribution in [-0.4, -0.2) is 31.2 Å². The minimum atomic E-state index is -4.77. The Balaban J connectivity index is 1.91. The van der Waals surface area contributed by atoms with Gasteiger partial charge < -0.3 is 9.51 Å². The first-order chi connectivity index (χ1) is 14.7. The van der Waals surface area contributed by atoms with E-state index >= 15 is 0 Å². The van der Waals surface area contributed by atoms with Gasteiger partial charge in [0.1, 0.15) is 0 Å². The normalized spacial score (nSPS) is 11.6. The molecule has 3 heterocycles. The van der Waals surface area contributed by atoms with E-state index in [9.17, 15) is 22.8 Å². The highest BCUT2D eigenvalue weighted by Gasteiger charge is 2.37. The van der Waals surface area contributed by atoms with E-state index in [0.29, 0.717) is 11.1 Å². The van der Waals surface area contributed by atoms with Crippen LogP contribution in [0.25, 0.3) is 16.8 Å². The number of carboxylic acid groups (broad SMARTS) is 1. The molecule has 0 atom stereocenters. The molecule has 0 aliphatic rings. The van der Waals surface area contributed by atoms with Gasteiger partial charge in [-0.3, -0.25) is 9.78 Å². The molecule has 10 heteroatoms. The van der Waals surface area contributed by atoms with Crippen molar-refractivity contribution in [3.63, 3.8) is 0 Å². The van der Waals surface area contributed by atoms with Gasteiger partial charge in [-0.15, -0.1) is 0 Å². The number of hydrogen-bond acceptors (Lipinski definition) is 4. The zero-order valence-electron chi connectivity index (χ0n) is 15.4. The van der Waals surface area contributed by atoms with Crippen LogP contribution in [0.1, 0.15) is 32.1 Å². The Morgan fingerprint density at radius 1 is 1.03 bits per heavy atom. The van der Waals surface area contributed by atoms with Gasteiger partial charge >= 0.3 is 12.1 Å². The first-order valence-electron chi connectivity index (χ1n) is 8.74. The maximum atomic E-state index is 13.5. The number of aromatic nitrogens is 3. The van der Waals surface area contributed by atoms with Crippen LogP contribution in [0.2, 0.25) is 5.02 Å². The van der Waals surface area contributed by atoms with E-state index in [1.807, 2.05) is 0 Å². The van der Waals surface area contributed by atoms with Crippen LogP contribution in [0.15, 0.2) is 61.1 Å². The number of fused-ring (bicyclic) bond motifs is 1. The lowest BCUT2D eigenvalue weighted by atomic mass is 10.0. The maximum absolute atomic E-state index is 13.5. The molecule has 0 spiro atoms. The first kappa shape index (κ1) is 20.5. The van der Waals surface area contributed by atoms with Crippen molar-refractivity contribution in [3.8, 4) is 11.3 Å². The van der Waals surface area contributed by atoms with Crippen molar-refractivity contribution >= 4 is 28.9 Å². The summed E-state index contributed by atoms with van der Waals surface area (Å²) < 4.78 is 41.9. The molecule has 6 nitrogen and oxygen atoms in total. The average Bonchev–Trinajstić information content (AvgIpc) is 3.12. The summed E-state index contributed by atoms with van der Waals surface area (Å²) in [5.41, 5.74) is -0.995. The van der Waals surface area contributed by atoms with E-state index in [2.05, 4.69) is 9.97 Å². The number of carbonyl (C=O) groups is 2. The smallest absolute Gasteiger partial charge is 0.417 e. The zero-order chi connectivity index (χ0) is 22.3. The third-order valence-electron chi connectivity index (χ3n) is 4.60. The molecule has 1 aromatic carbocycles. The van der Waals surface area contributed by atoms with Crippen LogP contribution in [0.3, 0.4) is 0 Å². The Bertz CT molecular complexity index is 1330. The highest BCUT2D eigenvalue weighted by atomic mass is 35.5. The van der Waals surface area contributed by atoms with Crippen LogP contribution in [-0.2, 0) is 6.18 Å². The van der Waals surface area contributed by atoms with E-state index < -0.39 is 29.1 Å². The number of pyridine rings is 1. The topological polar surface area (TPSA) is 84.6 Å². The average molecular weight is 446 g/mol. The quantitative estimate of drug-likeness (QED) is 0.447. The van der Waals surface area contributed by atoms with Crippen molar-refractivity contribution in [2.75, 3.05) is 0 Å². The number of carboxylic acids is 1. The van der Waals surface area contributed by atoms with Crippen LogP contribution in [0.5, 0.6) is 0 Å². The van der Waals surface area contributed by atoms with E-state index in [0.717, 1.165) is 18.3 Å². The molecule has 0 fully saturated rings. The molecule has 31 heavy (non-hydrogen) atoms. The van der Waals surface area contributed by atoms with Crippen molar-refractivity contribution in [1.29, 1.82) is 0 Å². The number of hydrogen-bond donors (Lipinski definition) is 1. The highest BCUT2D eigenvalue weighted by molar-refractivity contribution is 6.35. The van der Waals surface area contributed by atoms with E-state index in [1.165, 1.54) is 28.9 Å². The molecule has 0 amide bonds. The molecular weight excluding hydrogens is 435 g/mol. The SMILES string of the molecule is O=C(O)c1cnc(-c2cc(C(=O)c3c(Cl)cccc3C(F)(F)F)n3ccccc23)cn1. The monoisotopic (exact) mass is 445 g/mol. The number of ketones is 1. The summed E-state index contributed by atoms with van der Waals surface area (Å²) in [6.45, 7) is 0. The fraction of sp³-hybridized carbons (Fsp3) is 0.0476. The Morgan fingerprint density at radius 3 is 2.45 bits per heavy atom. The molecule has 0 radical (unpaired) electrons. The number of halogens is 4. The fourth-order valence-electron chi connectivity index (χ4n) is 3.23. The Hall–Kier alpha value is -3.72. The van der Waals surface area contributed by atoms with Gasteiger partial charge in [0.2, 0.25) is 5.78 Å². The molecule has 0 aliphatic heterocycles. The lowest BCUT2D eigenvalue weighted by Gasteiger charge is -2.13. The van der Waals surface area contributed by atoms with Crippen molar-refractivity contribution in [3.05, 3.63) is 88.6 Å². The molecule has 0 saturated heterocycles. The molecule has 1 N–H and O–H groups in total. The predicted molar refractivity (Wildman–Crippen MR) is 105 cm³/mol. The second-order valence-electron chi connectivity index (χ2n) is 6.48. The van der Waals surface area contributed by atoms with Gasteiger partial charge in [0.05, 0.1) is 45.4 Å². The molecule has 3 aromatic heterocycles. The molecule has 0 bridgehead atoms. The van der Waals surface area contributed by atoms with Crippen LogP contribution >= 0.6 is 11.6 Å². The molecule has 0 aliphatic carbocycles. The third kappa shape index (κ3) is 3.64. The number of alkyl halides is 3. The molecule has 4 aromatic rings. The van der Waals surface area contributed by atoms with Crippen LogP contribution < -0.4 is 0 Å². The summed E-state index contributed by atoms with van der Waals surface area (Å²) in [4.78, 5) is 32.1. The maximum Gasteiger partial charge on any atom is 0.417 e. The van der Waals surface area contributed by atoms with E-state index in [1.54, 1.807) is 18.2 Å². The zero-order valence-corrected chi connectivity index (χ0v) is 16.1. The van der Waals surface area contributed by atoms with Crippen molar-refractivity contribution in [1.82, 2.24) is 14.4 Å². The lowest BCUT2D eigenvalue weighted by Crippen LogP contribution is -2.15. The van der Waals surface area contributed by atoms with Gasteiger partial charge in [0.15, 0.2) is 5.69 Å². The Labute approximate surface area is 177 Å². The molecule has 0 saturated carbocycles. The molecular formula is C21H11ClF3N3O3. The van der Waals surface area contributed by atoms with Gasteiger partial charge in [-0.05, 0) is 30.3 Å². The molecule has 4 rings (SSSR count). The second-order valence-corrected chi connectivity index (χ2v) is 6.89. The predicted octanol–water partition coefficient (Wildman–Crippen LogP) is 5.00. The number of nitrogens with zero attached hydrogens (tertiary/aromatic N) is 3. The van der Waals surface area contributed by atoms with Gasteiger partial charge in [-0.1, -0.05) is 23.7 Å². The number of aromatic carboxylic acids is 1. The minimum absolute atomic E-state index is 0.0617. The summed E-state index contributed by atoms with van der Waals surface area (Å²) in [6, 6.07) is 9.47. The summed E-state index contributed by atoms with van der Waals surface area (Å²) in [5.74, 6) is -2.17. The minimum Gasteiger partial charge on any atom is -0.476 e. The van der Waals surface area contributed by atoms with Gasteiger partial charge in [0, 0.05) is 11.8 Å². The van der Waals surface area contributed by atoms with Crippen molar-refractivity contribution in [2.24, 2.45) is 0 Å². The summed E-state index contributed by atoms with van der Waals surface area (Å²) in [5, 5.41) is 8.66. The number of benzene rings is 1. The standard InChI is InChI=1S/C21H11ClF3N3O3/c22-13-5-3-4-12(21(23,24)25)18(13)19(29)17-8-11(16-6-1-2-7-28(16)17)14-9-27-15(10-26-14)20(30)31/h1-10H,(H,30,31). The fourth-order valence-corrected chi connectivity index (χ4v) is 3.49. The lowest BCUT2D eigenvalue weighted by molar-refractivity contribution is -0.137. The highest BCUT2D eigenvalue weighted by Crippen LogP contribution is 2.37. The summed E-state index contributed by atoms with van der Waals surface area (Å²) in [6.07, 6.45) is -0.975. The van der Waals surface area contributed by atoms with Crippen LogP contribution in [0, 0.1) is 0 Å². The Morgan fingerprint density at radius 2 is 1.81 bits per heavy atom. The largest absolute Gasteiger partial charge is 0.476 e. The number of rotatable bonds is 4. The molecule has 156 valence electrons. The number of carbonyl (C=O) groups excluding carboxylic acids is 1. The molecule has 0 unspecified atom stereocenters. The first-order valence-corrected chi connectivity index (χ1v) is 9.12. The van der Waals surface area contributed by atoms with Gasteiger partial charge in [0.25, 0.3) is 0 Å². The summed E-state index contributed by atoms with van der Waals surface area (Å²) in [7, 11) is 0. The summed E-state index contributed by atoms with van der Waals surface area (Å²) >= 11 is 5.99. The third-order valence-corrected chi connectivity index (χ3v) is 4.92. The van der Waals surface area contributed by atoms with Crippen LogP contribution in [0.4, 0.5) is 13.2 Å².